The van der Waals surface area contributed by atoms with E-state index in [-0.39, 0.29) is 5.90 Å². The third kappa shape index (κ3) is 3.66. The molecule has 1 aliphatic heterocycles. The Labute approximate surface area is 113 Å². The summed E-state index contributed by atoms with van der Waals surface area (Å²) in [5, 5.41) is 2.32. The second kappa shape index (κ2) is 5.85. The van der Waals surface area contributed by atoms with Crippen LogP contribution in [0.1, 0.15) is 0 Å². The topological polar surface area (TPSA) is 42.8 Å². The fourth-order valence-corrected chi connectivity index (χ4v) is 1.58. The first-order valence-corrected chi connectivity index (χ1v) is 5.86. The Kier molecular flexibility index (Phi) is 4.16. The first kappa shape index (κ1) is 14.2. The molecule has 0 fully saturated rings. The number of hydrogen-bond donors (Lipinski definition) is 1. The van der Waals surface area contributed by atoms with Crippen LogP contribution in [0.25, 0.3) is 0 Å². The lowest BCUT2D eigenvalue weighted by Crippen LogP contribution is -2.20. The quantitative estimate of drug-likeness (QED) is 0.925. The van der Waals surface area contributed by atoms with E-state index < -0.39 is 11.9 Å². The molecule has 0 bridgehead atoms. The molecule has 2 rings (SSSR count). The van der Waals surface area contributed by atoms with Crippen LogP contribution < -0.4 is 10.1 Å². The number of anilines is 1. The molecule has 7 heteroatoms. The minimum absolute atomic E-state index is 0.0154. The van der Waals surface area contributed by atoms with Gasteiger partial charge >= 0.3 is 6.18 Å². The van der Waals surface area contributed by atoms with Crippen molar-refractivity contribution in [3.05, 3.63) is 36.0 Å². The van der Waals surface area contributed by atoms with Crippen molar-refractivity contribution < 1.29 is 22.6 Å². The zero-order chi connectivity index (χ0) is 14.6. The predicted molar refractivity (Wildman–Crippen MR) is 69.0 cm³/mol. The summed E-state index contributed by atoms with van der Waals surface area (Å²) in [6.07, 6.45) is -3.66. The molecule has 20 heavy (non-hydrogen) atoms. The van der Waals surface area contributed by atoms with Gasteiger partial charge in [0.15, 0.2) is 0 Å². The van der Waals surface area contributed by atoms with Crippen LogP contribution in [0, 0.1) is 0 Å². The number of ether oxygens (including phenoxy) is 2. The monoisotopic (exact) mass is 286 g/mol. The largest absolute Gasteiger partial charge is 0.497 e. The standard InChI is InChI=1S/C13H13F3N2O2/c1-19-10-4-2-9(3-5-10)18-11(13(14,15)16)8-12-17-6-7-20-12/h2-5,8,18H,6-7H2,1H3/b11-8+. The molecular formula is C13H13F3N2O2. The van der Waals surface area contributed by atoms with Gasteiger partial charge in [0.1, 0.15) is 18.1 Å². The molecule has 0 unspecified atom stereocenters. The summed E-state index contributed by atoms with van der Waals surface area (Å²) >= 11 is 0. The number of halogens is 3. The van der Waals surface area contributed by atoms with Gasteiger partial charge in [-0.1, -0.05) is 0 Å². The number of benzene rings is 1. The van der Waals surface area contributed by atoms with Crippen LogP contribution in [0.4, 0.5) is 18.9 Å². The SMILES string of the molecule is COc1ccc(N/C(=C/C2=NCCO2)C(F)(F)F)cc1. The number of rotatable bonds is 4. The first-order valence-electron chi connectivity index (χ1n) is 5.86. The maximum atomic E-state index is 12.9. The minimum Gasteiger partial charge on any atom is -0.497 e. The van der Waals surface area contributed by atoms with Crippen molar-refractivity contribution in [3.8, 4) is 5.75 Å². The van der Waals surface area contributed by atoms with E-state index in [2.05, 4.69) is 10.3 Å². The molecule has 0 radical (unpaired) electrons. The van der Waals surface area contributed by atoms with Gasteiger partial charge in [-0.25, -0.2) is 4.99 Å². The zero-order valence-corrected chi connectivity index (χ0v) is 10.7. The maximum absolute atomic E-state index is 12.9. The van der Waals surface area contributed by atoms with Gasteiger partial charge in [0.2, 0.25) is 5.90 Å². The van der Waals surface area contributed by atoms with Crippen LogP contribution in [0.2, 0.25) is 0 Å². The Hall–Kier alpha value is -2.18. The highest BCUT2D eigenvalue weighted by molar-refractivity contribution is 5.90. The molecule has 108 valence electrons. The fourth-order valence-electron chi connectivity index (χ4n) is 1.58. The number of nitrogens with one attached hydrogen (secondary N) is 1. The minimum atomic E-state index is -4.52. The van der Waals surface area contributed by atoms with E-state index in [9.17, 15) is 13.2 Å². The highest BCUT2D eigenvalue weighted by Crippen LogP contribution is 2.28. The molecule has 1 N–H and O–H groups in total. The van der Waals surface area contributed by atoms with Crippen LogP contribution in [-0.2, 0) is 4.74 Å². The van der Waals surface area contributed by atoms with Crippen molar-refractivity contribution in [2.24, 2.45) is 4.99 Å². The summed E-state index contributed by atoms with van der Waals surface area (Å²) < 4.78 is 48.7. The van der Waals surface area contributed by atoms with Crippen molar-refractivity contribution in [1.82, 2.24) is 0 Å². The van der Waals surface area contributed by atoms with Gasteiger partial charge in [-0.3, -0.25) is 0 Å². The smallest absolute Gasteiger partial charge is 0.431 e. The molecule has 1 heterocycles. The second-order valence-corrected chi connectivity index (χ2v) is 3.98. The van der Waals surface area contributed by atoms with Gasteiger partial charge in [-0.2, -0.15) is 13.2 Å². The molecule has 1 aromatic carbocycles. The molecule has 0 spiro atoms. The van der Waals surface area contributed by atoms with Gasteiger partial charge < -0.3 is 14.8 Å². The third-order valence-electron chi connectivity index (χ3n) is 2.55. The Morgan fingerprint density at radius 1 is 1.35 bits per heavy atom. The van der Waals surface area contributed by atoms with Crippen molar-refractivity contribution in [3.63, 3.8) is 0 Å². The molecule has 0 saturated heterocycles. The van der Waals surface area contributed by atoms with Crippen molar-refractivity contribution >= 4 is 11.6 Å². The van der Waals surface area contributed by atoms with Crippen LogP contribution in [0.3, 0.4) is 0 Å². The van der Waals surface area contributed by atoms with Crippen LogP contribution in [-0.4, -0.2) is 32.3 Å². The number of methoxy groups -OCH3 is 1. The second-order valence-electron chi connectivity index (χ2n) is 3.98. The molecule has 0 aromatic heterocycles. The molecule has 1 aliphatic rings. The van der Waals surface area contributed by atoms with E-state index in [1.165, 1.54) is 19.2 Å². The Morgan fingerprint density at radius 3 is 2.55 bits per heavy atom. The summed E-state index contributed by atoms with van der Waals surface area (Å²) in [7, 11) is 1.49. The number of aliphatic imine (C=N–C) groups is 1. The third-order valence-corrected chi connectivity index (χ3v) is 2.55. The van der Waals surface area contributed by atoms with Crippen molar-refractivity contribution in [2.75, 3.05) is 25.6 Å². The molecule has 0 amide bonds. The number of allylic oxidation sites excluding steroid dienone is 1. The number of alkyl halides is 3. The summed E-state index contributed by atoms with van der Waals surface area (Å²) in [6.45, 7) is 0.680. The van der Waals surface area contributed by atoms with E-state index >= 15 is 0 Å². The van der Waals surface area contributed by atoms with E-state index in [1.54, 1.807) is 12.1 Å². The zero-order valence-electron chi connectivity index (χ0n) is 10.7. The van der Waals surface area contributed by atoms with E-state index in [4.69, 9.17) is 9.47 Å². The maximum Gasteiger partial charge on any atom is 0.431 e. The van der Waals surface area contributed by atoms with E-state index in [0.717, 1.165) is 6.08 Å². The molecule has 0 saturated carbocycles. The van der Waals surface area contributed by atoms with Gasteiger partial charge in [-0.05, 0) is 24.3 Å². The molecule has 0 aliphatic carbocycles. The molecule has 4 nitrogen and oxygen atoms in total. The average Bonchev–Trinajstić information content (AvgIpc) is 2.91. The Bertz CT molecular complexity index is 521. The number of nitrogens with zero attached hydrogens (tertiary/aromatic N) is 1. The van der Waals surface area contributed by atoms with Crippen molar-refractivity contribution in [1.29, 1.82) is 0 Å². The van der Waals surface area contributed by atoms with Crippen LogP contribution in [0.5, 0.6) is 5.75 Å². The van der Waals surface area contributed by atoms with Gasteiger partial charge in [0, 0.05) is 11.8 Å². The summed E-state index contributed by atoms with van der Waals surface area (Å²) in [5.74, 6) is 0.551. The lowest BCUT2D eigenvalue weighted by molar-refractivity contribution is -0.0902. The average molecular weight is 286 g/mol. The van der Waals surface area contributed by atoms with Gasteiger partial charge in [0.05, 0.1) is 13.7 Å². The predicted octanol–water partition coefficient (Wildman–Crippen LogP) is 2.98. The van der Waals surface area contributed by atoms with Crippen molar-refractivity contribution in [2.45, 2.75) is 6.18 Å². The first-order chi connectivity index (χ1) is 9.49. The Morgan fingerprint density at radius 2 is 2.05 bits per heavy atom. The molecule has 0 atom stereocenters. The molecular weight excluding hydrogens is 273 g/mol. The fraction of sp³-hybridized carbons (Fsp3) is 0.308. The van der Waals surface area contributed by atoms with Crippen LogP contribution >= 0.6 is 0 Å². The summed E-state index contributed by atoms with van der Waals surface area (Å²) in [6, 6.07) is 6.13. The van der Waals surface area contributed by atoms with E-state index in [1.807, 2.05) is 0 Å². The Balaban J connectivity index is 2.19. The lowest BCUT2D eigenvalue weighted by atomic mass is 10.2. The van der Waals surface area contributed by atoms with E-state index in [0.29, 0.717) is 24.6 Å². The lowest BCUT2D eigenvalue weighted by Gasteiger charge is -2.14. The number of hydrogen-bond acceptors (Lipinski definition) is 4. The molecule has 1 aromatic rings. The highest BCUT2D eigenvalue weighted by atomic mass is 19.4. The van der Waals surface area contributed by atoms with Crippen LogP contribution in [0.15, 0.2) is 41.0 Å². The van der Waals surface area contributed by atoms with Gasteiger partial charge in [0.25, 0.3) is 0 Å². The van der Waals surface area contributed by atoms with Gasteiger partial charge in [-0.15, -0.1) is 0 Å². The normalized spacial score (nSPS) is 15.6. The summed E-state index contributed by atoms with van der Waals surface area (Å²) in [4.78, 5) is 3.82. The highest BCUT2D eigenvalue weighted by Gasteiger charge is 2.34. The summed E-state index contributed by atoms with van der Waals surface area (Å²) in [5.41, 5.74) is -0.628.